The zero-order chi connectivity index (χ0) is 17.8. The fourth-order valence-electron chi connectivity index (χ4n) is 2.62. The van der Waals surface area contributed by atoms with Crippen molar-refractivity contribution in [2.24, 2.45) is 0 Å². The molecule has 0 aliphatic carbocycles. The van der Waals surface area contributed by atoms with E-state index >= 15 is 0 Å². The number of hydrogen-bond acceptors (Lipinski definition) is 8. The van der Waals surface area contributed by atoms with Gasteiger partial charge >= 0.3 is 0 Å². The maximum atomic E-state index is 12.4. The quantitative estimate of drug-likeness (QED) is 0.755. The van der Waals surface area contributed by atoms with Crippen LogP contribution in [0.5, 0.6) is 5.75 Å². The van der Waals surface area contributed by atoms with E-state index < -0.39 is 0 Å². The Morgan fingerprint density at radius 3 is 3.12 bits per heavy atom. The van der Waals surface area contributed by atoms with Gasteiger partial charge in [0.15, 0.2) is 0 Å². The van der Waals surface area contributed by atoms with Gasteiger partial charge in [0.05, 0.1) is 18.8 Å². The highest BCUT2D eigenvalue weighted by molar-refractivity contribution is 7.15. The number of nitrogens with one attached hydrogen (secondary N) is 1. The minimum atomic E-state index is -0.162. The number of carbonyl (C=O) groups is 1. The lowest BCUT2D eigenvalue weighted by Gasteiger charge is -2.35. The molecule has 0 fully saturated rings. The monoisotopic (exact) mass is 363 g/mol. The molecule has 0 bridgehead atoms. The summed E-state index contributed by atoms with van der Waals surface area (Å²) in [5, 5.41) is 11.9. The maximum Gasteiger partial charge on any atom is 0.245 e. The van der Waals surface area contributed by atoms with E-state index in [9.17, 15) is 4.79 Å². The van der Waals surface area contributed by atoms with Gasteiger partial charge in [-0.05, 0) is 24.6 Å². The van der Waals surface area contributed by atoms with Gasteiger partial charge in [0.2, 0.25) is 11.0 Å². The first-order valence-electron chi connectivity index (χ1n) is 8.01. The third kappa shape index (κ3) is 4.18. The van der Waals surface area contributed by atoms with Crippen molar-refractivity contribution in [2.75, 3.05) is 36.1 Å². The van der Waals surface area contributed by atoms with Crippen LogP contribution in [0, 0.1) is 0 Å². The summed E-state index contributed by atoms with van der Waals surface area (Å²) in [5.74, 6) is 0.587. The van der Waals surface area contributed by atoms with Crippen molar-refractivity contribution in [3.63, 3.8) is 0 Å². The fourth-order valence-corrected chi connectivity index (χ4v) is 3.35. The number of benzene rings is 1. The molecule has 0 saturated heterocycles. The first-order chi connectivity index (χ1) is 12.1. The number of fused-ring (bicyclic) bond motifs is 1. The number of amides is 1. The molecule has 134 valence electrons. The molecule has 1 aromatic heterocycles. The number of anilines is 3. The smallest absolute Gasteiger partial charge is 0.245 e. The highest BCUT2D eigenvalue weighted by Crippen LogP contribution is 2.35. The van der Waals surface area contributed by atoms with E-state index in [-0.39, 0.29) is 18.6 Å². The Balaban J connectivity index is 1.70. The molecule has 1 unspecified atom stereocenters. The van der Waals surface area contributed by atoms with Crippen molar-refractivity contribution in [1.29, 1.82) is 0 Å². The highest BCUT2D eigenvalue weighted by atomic mass is 32.1. The average molecular weight is 363 g/mol. The van der Waals surface area contributed by atoms with E-state index in [1.165, 1.54) is 11.3 Å². The van der Waals surface area contributed by atoms with Gasteiger partial charge < -0.3 is 20.1 Å². The van der Waals surface area contributed by atoms with Crippen molar-refractivity contribution < 1.29 is 14.3 Å². The van der Waals surface area contributed by atoms with Crippen molar-refractivity contribution >= 4 is 33.8 Å². The normalized spacial score (nSPS) is 16.2. The fraction of sp³-hybridized carbons (Fsp3) is 0.438. The molecule has 1 aliphatic rings. The largest absolute Gasteiger partial charge is 0.486 e. The van der Waals surface area contributed by atoms with Crippen LogP contribution in [-0.4, -0.2) is 42.4 Å². The zero-order valence-electron chi connectivity index (χ0n) is 14.2. The van der Waals surface area contributed by atoms with Crippen LogP contribution in [0.3, 0.4) is 0 Å². The Kier molecular flexibility index (Phi) is 5.34. The first kappa shape index (κ1) is 17.4. The van der Waals surface area contributed by atoms with Gasteiger partial charge in [0, 0.05) is 12.8 Å². The number of nitrogens with zero attached hydrogens (tertiary/aromatic N) is 3. The second-order valence-corrected chi connectivity index (χ2v) is 6.80. The number of rotatable bonds is 6. The summed E-state index contributed by atoms with van der Waals surface area (Å²) in [4.78, 5) is 14.4. The maximum absolute atomic E-state index is 12.4. The molecule has 0 saturated carbocycles. The predicted octanol–water partition coefficient (Wildman–Crippen LogP) is 1.88. The summed E-state index contributed by atoms with van der Waals surface area (Å²) in [6, 6.07) is 5.48. The van der Waals surface area contributed by atoms with Crippen LogP contribution >= 0.6 is 11.3 Å². The third-order valence-electron chi connectivity index (χ3n) is 3.81. The minimum absolute atomic E-state index is 0.0405. The number of nitrogen functional groups attached to an aromatic ring is 1. The molecule has 0 radical (unpaired) electrons. The number of hydrogen-bond donors (Lipinski definition) is 2. The Morgan fingerprint density at radius 1 is 1.52 bits per heavy atom. The van der Waals surface area contributed by atoms with E-state index in [4.69, 9.17) is 15.2 Å². The molecule has 3 rings (SSSR count). The summed E-state index contributed by atoms with van der Waals surface area (Å²) in [7, 11) is 1.59. The van der Waals surface area contributed by atoms with Crippen LogP contribution in [-0.2, 0) is 16.1 Å². The lowest BCUT2D eigenvalue weighted by Crippen LogP contribution is -2.43. The molecule has 1 aliphatic heterocycles. The number of nitrogens with two attached hydrogens (primary N) is 1. The topological polar surface area (TPSA) is 103 Å². The predicted molar refractivity (Wildman–Crippen MR) is 97.0 cm³/mol. The van der Waals surface area contributed by atoms with Crippen LogP contribution < -0.4 is 20.7 Å². The Bertz CT molecular complexity index is 751. The molecule has 1 aromatic carbocycles. The van der Waals surface area contributed by atoms with Crippen molar-refractivity contribution in [3.05, 3.63) is 23.2 Å². The molecule has 0 spiro atoms. The van der Waals surface area contributed by atoms with Gasteiger partial charge in [-0.1, -0.05) is 18.3 Å². The van der Waals surface area contributed by atoms with Crippen molar-refractivity contribution in [3.8, 4) is 5.75 Å². The summed E-state index contributed by atoms with van der Waals surface area (Å²) >= 11 is 1.30. The standard InChI is InChI=1S/C16H21N5O3S/c1-3-11-7-21(12-6-10(17)4-5-13(12)24-11)8-14(22)18-16-20-19-15(25-16)9-23-2/h4-6,11H,3,7-9,17H2,1-2H3,(H,18,20,22). The van der Waals surface area contributed by atoms with E-state index in [0.29, 0.717) is 29.0 Å². The van der Waals surface area contributed by atoms with Gasteiger partial charge in [-0.2, -0.15) is 0 Å². The van der Waals surface area contributed by atoms with E-state index in [0.717, 1.165) is 17.9 Å². The minimum Gasteiger partial charge on any atom is -0.486 e. The van der Waals surface area contributed by atoms with Crippen LogP contribution in [0.1, 0.15) is 18.4 Å². The molecule has 1 atom stereocenters. The molecule has 2 heterocycles. The molecule has 3 N–H and O–H groups in total. The Morgan fingerprint density at radius 2 is 2.36 bits per heavy atom. The molecule has 9 heteroatoms. The van der Waals surface area contributed by atoms with Gasteiger partial charge in [0.25, 0.3) is 0 Å². The van der Waals surface area contributed by atoms with Gasteiger partial charge in [0.1, 0.15) is 23.5 Å². The van der Waals surface area contributed by atoms with Crippen LogP contribution in [0.2, 0.25) is 0 Å². The van der Waals surface area contributed by atoms with Gasteiger partial charge in [-0.25, -0.2) is 0 Å². The SMILES string of the molecule is CCC1CN(CC(=O)Nc2nnc(COC)s2)c2cc(N)ccc2O1. The first-order valence-corrected chi connectivity index (χ1v) is 8.83. The summed E-state index contributed by atoms with van der Waals surface area (Å²) in [6.07, 6.45) is 0.900. The summed E-state index contributed by atoms with van der Waals surface area (Å²) in [6.45, 7) is 3.26. The van der Waals surface area contributed by atoms with E-state index in [1.807, 2.05) is 17.0 Å². The molecule has 1 amide bonds. The molecule has 2 aromatic rings. The van der Waals surface area contributed by atoms with Crippen LogP contribution in [0.4, 0.5) is 16.5 Å². The third-order valence-corrected chi connectivity index (χ3v) is 4.62. The second kappa shape index (κ2) is 7.66. The van der Waals surface area contributed by atoms with E-state index in [2.05, 4.69) is 22.4 Å². The molecule has 8 nitrogen and oxygen atoms in total. The number of methoxy groups -OCH3 is 1. The molecule has 25 heavy (non-hydrogen) atoms. The van der Waals surface area contributed by atoms with E-state index in [1.54, 1.807) is 13.2 Å². The Labute approximate surface area is 149 Å². The number of carbonyl (C=O) groups excluding carboxylic acids is 1. The second-order valence-electron chi connectivity index (χ2n) is 5.74. The van der Waals surface area contributed by atoms with Crippen LogP contribution in [0.15, 0.2) is 18.2 Å². The average Bonchev–Trinajstić information content (AvgIpc) is 3.02. The highest BCUT2D eigenvalue weighted by Gasteiger charge is 2.26. The summed E-state index contributed by atoms with van der Waals surface area (Å²) < 4.78 is 10.9. The zero-order valence-corrected chi connectivity index (χ0v) is 15.0. The summed E-state index contributed by atoms with van der Waals surface area (Å²) in [5.41, 5.74) is 7.35. The Hall–Kier alpha value is -2.39. The van der Waals surface area contributed by atoms with Crippen molar-refractivity contribution in [1.82, 2.24) is 10.2 Å². The van der Waals surface area contributed by atoms with Crippen LogP contribution in [0.25, 0.3) is 0 Å². The lowest BCUT2D eigenvalue weighted by atomic mass is 10.1. The van der Waals surface area contributed by atoms with Gasteiger partial charge in [-0.15, -0.1) is 10.2 Å². The van der Waals surface area contributed by atoms with Gasteiger partial charge in [-0.3, -0.25) is 10.1 Å². The number of aromatic nitrogens is 2. The van der Waals surface area contributed by atoms with Crippen molar-refractivity contribution in [2.45, 2.75) is 26.1 Å². The molecular weight excluding hydrogens is 342 g/mol. The number of ether oxygens (including phenoxy) is 2. The lowest BCUT2D eigenvalue weighted by molar-refractivity contribution is -0.115. The molecular formula is C16H21N5O3S.